The van der Waals surface area contributed by atoms with Crippen molar-refractivity contribution in [1.82, 2.24) is 19.9 Å². The van der Waals surface area contributed by atoms with Crippen molar-refractivity contribution in [2.75, 3.05) is 0 Å². The van der Waals surface area contributed by atoms with Crippen molar-refractivity contribution in [2.24, 2.45) is 0 Å². The van der Waals surface area contributed by atoms with Crippen molar-refractivity contribution in [1.29, 1.82) is 0 Å². The molecule has 0 aliphatic heterocycles. The topological polar surface area (TPSA) is 51.6 Å². The van der Waals surface area contributed by atoms with Gasteiger partial charge in [-0.1, -0.05) is 36.4 Å². The molecule has 0 bridgehead atoms. The molecule has 2 aromatic heterocycles. The summed E-state index contributed by atoms with van der Waals surface area (Å²) in [5.74, 6) is 0. The van der Waals surface area contributed by atoms with Crippen molar-refractivity contribution in [3.8, 4) is 0 Å². The number of hydrogen-bond donors (Lipinski definition) is 0. The Balaban J connectivity index is 1.93. The van der Waals surface area contributed by atoms with Crippen LogP contribution in [-0.4, -0.2) is 19.9 Å². The standard InChI is InChI=1S/C18H10N4/c1-2-6-12-10-16-15(9-11(12)5-1)21-17-18(22-16)20-14-8-4-3-7-13(14)19-17/h1-10H. The Morgan fingerprint density at radius 3 is 1.36 bits per heavy atom. The second-order valence-electron chi connectivity index (χ2n) is 5.27. The lowest BCUT2D eigenvalue weighted by Crippen LogP contribution is -1.94. The minimum absolute atomic E-state index is 0.585. The van der Waals surface area contributed by atoms with Crippen LogP contribution in [-0.2, 0) is 0 Å². The molecule has 0 saturated carbocycles. The van der Waals surface area contributed by atoms with Crippen LogP contribution in [0.25, 0.3) is 44.1 Å². The summed E-state index contributed by atoms with van der Waals surface area (Å²) in [6.45, 7) is 0. The summed E-state index contributed by atoms with van der Waals surface area (Å²) >= 11 is 0. The van der Waals surface area contributed by atoms with E-state index in [0.29, 0.717) is 11.3 Å². The van der Waals surface area contributed by atoms with Crippen LogP contribution in [0.2, 0.25) is 0 Å². The van der Waals surface area contributed by atoms with Gasteiger partial charge in [0.2, 0.25) is 0 Å². The van der Waals surface area contributed by atoms with Gasteiger partial charge in [0.15, 0.2) is 11.3 Å². The van der Waals surface area contributed by atoms with Crippen molar-refractivity contribution in [3.63, 3.8) is 0 Å². The first-order chi connectivity index (χ1) is 10.9. The monoisotopic (exact) mass is 282 g/mol. The minimum atomic E-state index is 0.585. The van der Waals surface area contributed by atoms with E-state index < -0.39 is 0 Å². The predicted molar refractivity (Wildman–Crippen MR) is 87.6 cm³/mol. The molecule has 0 fully saturated rings. The fourth-order valence-electron chi connectivity index (χ4n) is 2.75. The summed E-state index contributed by atoms with van der Waals surface area (Å²) < 4.78 is 0. The zero-order valence-electron chi connectivity index (χ0n) is 11.6. The lowest BCUT2D eigenvalue weighted by molar-refractivity contribution is 1.26. The van der Waals surface area contributed by atoms with Crippen molar-refractivity contribution < 1.29 is 0 Å². The SMILES string of the molecule is c1ccc2cc3nc4nc5ccccc5nc4nc3cc2c1. The molecule has 4 heteroatoms. The van der Waals surface area contributed by atoms with Crippen LogP contribution in [0.1, 0.15) is 0 Å². The third-order valence-corrected chi connectivity index (χ3v) is 3.83. The van der Waals surface area contributed by atoms with Gasteiger partial charge in [0.1, 0.15) is 0 Å². The largest absolute Gasteiger partial charge is 0.224 e. The van der Waals surface area contributed by atoms with E-state index in [0.717, 1.165) is 32.8 Å². The summed E-state index contributed by atoms with van der Waals surface area (Å²) in [6, 6.07) is 20.1. The molecule has 0 radical (unpaired) electrons. The van der Waals surface area contributed by atoms with E-state index >= 15 is 0 Å². The quantitative estimate of drug-likeness (QED) is 0.404. The highest BCUT2D eigenvalue weighted by molar-refractivity contribution is 5.97. The van der Waals surface area contributed by atoms with Crippen LogP contribution in [0.3, 0.4) is 0 Å². The van der Waals surface area contributed by atoms with Crippen LogP contribution in [0.5, 0.6) is 0 Å². The highest BCUT2D eigenvalue weighted by atomic mass is 15.0. The van der Waals surface area contributed by atoms with E-state index in [9.17, 15) is 0 Å². The van der Waals surface area contributed by atoms with Gasteiger partial charge < -0.3 is 0 Å². The zero-order valence-corrected chi connectivity index (χ0v) is 11.6. The summed E-state index contributed by atoms with van der Waals surface area (Å²) in [4.78, 5) is 18.4. The van der Waals surface area contributed by atoms with Gasteiger partial charge in [-0.3, -0.25) is 0 Å². The van der Waals surface area contributed by atoms with Gasteiger partial charge in [0.25, 0.3) is 0 Å². The van der Waals surface area contributed by atoms with Crippen LogP contribution >= 0.6 is 0 Å². The Morgan fingerprint density at radius 2 is 0.864 bits per heavy atom. The molecule has 0 unspecified atom stereocenters. The molecule has 0 atom stereocenters. The number of fused-ring (bicyclic) bond motifs is 4. The van der Waals surface area contributed by atoms with E-state index in [2.05, 4.69) is 32.1 Å². The Morgan fingerprint density at radius 1 is 0.455 bits per heavy atom. The fraction of sp³-hybridized carbons (Fsp3) is 0. The normalized spacial score (nSPS) is 11.6. The lowest BCUT2D eigenvalue weighted by Gasteiger charge is -2.04. The number of nitrogens with zero attached hydrogens (tertiary/aromatic N) is 4. The highest BCUT2D eigenvalue weighted by Gasteiger charge is 2.07. The first-order valence-electron chi connectivity index (χ1n) is 7.10. The van der Waals surface area contributed by atoms with Crippen LogP contribution in [0, 0.1) is 0 Å². The molecule has 102 valence electrons. The Labute approximate surface area is 125 Å². The van der Waals surface area contributed by atoms with E-state index in [1.807, 2.05) is 48.5 Å². The fourth-order valence-corrected chi connectivity index (χ4v) is 2.75. The predicted octanol–water partition coefficient (Wildman–Crippen LogP) is 3.88. The molecule has 5 rings (SSSR count). The Hall–Kier alpha value is -3.14. The molecule has 0 aliphatic carbocycles. The summed E-state index contributed by atoms with van der Waals surface area (Å²) in [6.07, 6.45) is 0. The van der Waals surface area contributed by atoms with Crippen LogP contribution < -0.4 is 0 Å². The summed E-state index contributed by atoms with van der Waals surface area (Å²) in [7, 11) is 0. The van der Waals surface area contributed by atoms with E-state index in [-0.39, 0.29) is 0 Å². The number of aromatic nitrogens is 4. The molecule has 5 aromatic rings. The third-order valence-electron chi connectivity index (χ3n) is 3.83. The number of hydrogen-bond acceptors (Lipinski definition) is 4. The molecular formula is C18H10N4. The van der Waals surface area contributed by atoms with Crippen molar-refractivity contribution >= 4 is 44.1 Å². The van der Waals surface area contributed by atoms with Gasteiger partial charge in [-0.05, 0) is 35.0 Å². The molecule has 3 aromatic carbocycles. The van der Waals surface area contributed by atoms with Gasteiger partial charge in [0.05, 0.1) is 22.1 Å². The smallest absolute Gasteiger partial charge is 0.199 e. The Kier molecular flexibility index (Phi) is 2.19. The zero-order chi connectivity index (χ0) is 14.5. The maximum atomic E-state index is 4.64. The second-order valence-corrected chi connectivity index (χ2v) is 5.27. The third kappa shape index (κ3) is 1.64. The van der Waals surface area contributed by atoms with E-state index in [1.54, 1.807) is 0 Å². The number of rotatable bonds is 0. The summed E-state index contributed by atoms with van der Waals surface area (Å²) in [5.41, 5.74) is 4.53. The van der Waals surface area contributed by atoms with Gasteiger partial charge in [-0.2, -0.15) is 0 Å². The Bertz CT molecular complexity index is 997. The average Bonchev–Trinajstić information content (AvgIpc) is 2.56. The van der Waals surface area contributed by atoms with Crippen LogP contribution in [0.4, 0.5) is 0 Å². The molecule has 22 heavy (non-hydrogen) atoms. The molecule has 4 nitrogen and oxygen atoms in total. The van der Waals surface area contributed by atoms with Gasteiger partial charge in [-0.15, -0.1) is 0 Å². The molecule has 0 spiro atoms. The summed E-state index contributed by atoms with van der Waals surface area (Å²) in [5, 5.41) is 2.30. The van der Waals surface area contributed by atoms with E-state index in [1.165, 1.54) is 0 Å². The first kappa shape index (κ1) is 11.5. The second kappa shape index (κ2) is 4.18. The highest BCUT2D eigenvalue weighted by Crippen LogP contribution is 2.22. The van der Waals surface area contributed by atoms with Crippen molar-refractivity contribution in [3.05, 3.63) is 60.7 Å². The van der Waals surface area contributed by atoms with Crippen LogP contribution in [0.15, 0.2) is 60.7 Å². The molecule has 0 aliphatic rings. The minimum Gasteiger partial charge on any atom is -0.224 e. The maximum Gasteiger partial charge on any atom is 0.199 e. The van der Waals surface area contributed by atoms with Gasteiger partial charge >= 0.3 is 0 Å². The molecule has 0 amide bonds. The first-order valence-corrected chi connectivity index (χ1v) is 7.10. The molecule has 0 N–H and O–H groups in total. The average molecular weight is 282 g/mol. The lowest BCUT2D eigenvalue weighted by atomic mass is 10.1. The maximum absolute atomic E-state index is 4.64. The van der Waals surface area contributed by atoms with Gasteiger partial charge in [0, 0.05) is 0 Å². The van der Waals surface area contributed by atoms with E-state index in [4.69, 9.17) is 0 Å². The number of para-hydroxylation sites is 2. The number of benzene rings is 3. The van der Waals surface area contributed by atoms with Gasteiger partial charge in [-0.25, -0.2) is 19.9 Å². The van der Waals surface area contributed by atoms with Crippen molar-refractivity contribution in [2.45, 2.75) is 0 Å². The molecule has 0 saturated heterocycles. The molecule has 2 heterocycles. The molecular weight excluding hydrogens is 272 g/mol.